The molecule has 0 fully saturated rings. The van der Waals surface area contributed by atoms with Crippen LogP contribution in [-0.2, 0) is 25.5 Å². The molecule has 0 saturated carbocycles. The summed E-state index contributed by atoms with van der Waals surface area (Å²) >= 11 is 0. The van der Waals surface area contributed by atoms with Crippen molar-refractivity contribution in [3.05, 3.63) is 34.4 Å². The summed E-state index contributed by atoms with van der Waals surface area (Å²) in [7, 11) is 1.41. The maximum absolute atomic E-state index is 13.1. The van der Waals surface area contributed by atoms with E-state index in [9.17, 15) is 14.4 Å². The monoisotopic (exact) mass is 362 g/mol. The van der Waals surface area contributed by atoms with Crippen molar-refractivity contribution in [1.29, 1.82) is 0 Å². The number of hydrogen-bond donors (Lipinski definition) is 0. The average molecular weight is 362 g/mol. The lowest BCUT2D eigenvalue weighted by molar-refractivity contribution is -0.179. The number of likely N-dealkylation sites (N-methyl/N-ethyl adjacent to an activating group) is 1. The molecule has 1 aromatic rings. The number of amides is 2. The molecule has 0 N–H and O–H groups in total. The van der Waals surface area contributed by atoms with Crippen molar-refractivity contribution in [2.24, 2.45) is 0 Å². The first-order valence-corrected chi connectivity index (χ1v) is 8.74. The zero-order valence-electron chi connectivity index (χ0n) is 17.1. The van der Waals surface area contributed by atoms with Gasteiger partial charge in [-0.3, -0.25) is 9.59 Å². The van der Waals surface area contributed by atoms with Crippen LogP contribution in [0.4, 0.5) is 0 Å². The predicted octanol–water partition coefficient (Wildman–Crippen LogP) is 2.72. The van der Waals surface area contributed by atoms with Gasteiger partial charge >= 0.3 is 11.9 Å². The summed E-state index contributed by atoms with van der Waals surface area (Å²) in [6.45, 7) is 13.1. The highest BCUT2D eigenvalue weighted by molar-refractivity contribution is 6.32. The lowest BCUT2D eigenvalue weighted by atomic mass is 9.96. The van der Waals surface area contributed by atoms with Crippen LogP contribution >= 0.6 is 0 Å². The molecule has 6 nitrogen and oxygen atoms in total. The van der Waals surface area contributed by atoms with Crippen molar-refractivity contribution in [3.8, 4) is 0 Å². The standard InChI is InChI=1S/C20H30N2O4/c1-9-26-19(25)18(24)21(8)22(20(5,6)7)17(23)12-16-14(3)10-13(2)11-15(16)4/h10-11H,9,12H2,1-8H3. The van der Waals surface area contributed by atoms with Crippen LogP contribution in [-0.4, -0.2) is 47.0 Å². The van der Waals surface area contributed by atoms with E-state index in [1.165, 1.54) is 12.1 Å². The molecule has 0 atom stereocenters. The number of nitrogens with zero attached hydrogens (tertiary/aromatic N) is 2. The van der Waals surface area contributed by atoms with Crippen molar-refractivity contribution in [2.75, 3.05) is 13.7 Å². The number of hydrazine groups is 1. The van der Waals surface area contributed by atoms with Gasteiger partial charge in [0.1, 0.15) is 0 Å². The third kappa shape index (κ3) is 5.07. The summed E-state index contributed by atoms with van der Waals surface area (Å²) in [6.07, 6.45) is 0.148. The number of aryl methyl sites for hydroxylation is 3. The summed E-state index contributed by atoms with van der Waals surface area (Å²) in [5.41, 5.74) is 3.46. The highest BCUT2D eigenvalue weighted by atomic mass is 16.5. The van der Waals surface area contributed by atoms with Crippen LogP contribution in [0.15, 0.2) is 12.1 Å². The first-order chi connectivity index (χ1) is 11.9. The van der Waals surface area contributed by atoms with E-state index in [0.717, 1.165) is 27.3 Å². The van der Waals surface area contributed by atoms with Gasteiger partial charge in [0, 0.05) is 7.05 Å². The second kappa shape index (κ2) is 8.34. The Kier molecular flexibility index (Phi) is 6.95. The summed E-state index contributed by atoms with van der Waals surface area (Å²) in [5.74, 6) is -2.10. The quantitative estimate of drug-likeness (QED) is 0.471. The van der Waals surface area contributed by atoms with Gasteiger partial charge in [-0.2, -0.15) is 0 Å². The molecule has 26 heavy (non-hydrogen) atoms. The maximum atomic E-state index is 13.1. The van der Waals surface area contributed by atoms with Crippen molar-refractivity contribution in [2.45, 2.75) is 60.4 Å². The van der Waals surface area contributed by atoms with Crippen molar-refractivity contribution >= 4 is 17.8 Å². The molecule has 0 bridgehead atoms. The predicted molar refractivity (Wildman–Crippen MR) is 100 cm³/mol. The smallest absolute Gasteiger partial charge is 0.398 e. The molecule has 1 aromatic carbocycles. The van der Waals surface area contributed by atoms with Crippen LogP contribution in [0.5, 0.6) is 0 Å². The number of benzene rings is 1. The van der Waals surface area contributed by atoms with E-state index in [2.05, 4.69) is 0 Å². The van der Waals surface area contributed by atoms with Crippen LogP contribution < -0.4 is 0 Å². The summed E-state index contributed by atoms with van der Waals surface area (Å²) in [4.78, 5) is 37.2. The minimum absolute atomic E-state index is 0.101. The number of carbonyl (C=O) groups is 3. The van der Waals surface area contributed by atoms with Crippen LogP contribution in [0.3, 0.4) is 0 Å². The molecule has 1 rings (SSSR count). The maximum Gasteiger partial charge on any atom is 0.398 e. The Morgan fingerprint density at radius 1 is 1.04 bits per heavy atom. The highest BCUT2D eigenvalue weighted by Gasteiger charge is 2.35. The average Bonchev–Trinajstić information content (AvgIpc) is 2.48. The molecule has 2 amide bonds. The summed E-state index contributed by atoms with van der Waals surface area (Å²) < 4.78 is 4.77. The fraction of sp³-hybridized carbons (Fsp3) is 0.550. The number of ether oxygens (including phenoxy) is 1. The molecular weight excluding hydrogens is 332 g/mol. The van der Waals surface area contributed by atoms with Gasteiger partial charge < -0.3 is 4.74 Å². The number of rotatable bonds is 3. The van der Waals surface area contributed by atoms with Crippen LogP contribution in [0.25, 0.3) is 0 Å². The lowest BCUT2D eigenvalue weighted by Crippen LogP contribution is -2.58. The Labute approximate surface area is 156 Å². The van der Waals surface area contributed by atoms with E-state index in [4.69, 9.17) is 4.74 Å². The molecule has 0 heterocycles. The summed E-state index contributed by atoms with van der Waals surface area (Å²) in [6, 6.07) is 4.06. The van der Waals surface area contributed by atoms with E-state index in [-0.39, 0.29) is 18.9 Å². The lowest BCUT2D eigenvalue weighted by Gasteiger charge is -2.41. The summed E-state index contributed by atoms with van der Waals surface area (Å²) in [5, 5.41) is 2.38. The van der Waals surface area contributed by atoms with Gasteiger partial charge in [-0.15, -0.1) is 0 Å². The third-order valence-corrected chi connectivity index (χ3v) is 4.08. The van der Waals surface area contributed by atoms with E-state index < -0.39 is 17.4 Å². The fourth-order valence-electron chi connectivity index (χ4n) is 3.12. The van der Waals surface area contributed by atoms with Gasteiger partial charge in [0.05, 0.1) is 18.6 Å². The van der Waals surface area contributed by atoms with Crippen LogP contribution in [0, 0.1) is 20.8 Å². The van der Waals surface area contributed by atoms with Crippen LogP contribution in [0.1, 0.15) is 49.9 Å². The van der Waals surface area contributed by atoms with Gasteiger partial charge in [0.25, 0.3) is 0 Å². The Hall–Kier alpha value is -2.37. The number of carbonyl (C=O) groups excluding carboxylic acids is 3. The zero-order chi connectivity index (χ0) is 20.2. The third-order valence-electron chi connectivity index (χ3n) is 4.08. The zero-order valence-corrected chi connectivity index (χ0v) is 17.1. The molecule has 6 heteroatoms. The number of hydrogen-bond acceptors (Lipinski definition) is 4. The topological polar surface area (TPSA) is 66.9 Å². The minimum atomic E-state index is -0.972. The van der Waals surface area contributed by atoms with Crippen molar-refractivity contribution in [1.82, 2.24) is 10.0 Å². The van der Waals surface area contributed by atoms with Gasteiger partial charge in [-0.1, -0.05) is 17.7 Å². The second-order valence-corrected chi connectivity index (χ2v) is 7.48. The molecule has 0 aliphatic rings. The minimum Gasteiger partial charge on any atom is -0.459 e. The molecule has 0 spiro atoms. The van der Waals surface area contributed by atoms with Crippen molar-refractivity contribution < 1.29 is 19.1 Å². The van der Waals surface area contributed by atoms with Gasteiger partial charge in [0.15, 0.2) is 0 Å². The Morgan fingerprint density at radius 3 is 1.96 bits per heavy atom. The Bertz CT molecular complexity index is 681. The van der Waals surface area contributed by atoms with Gasteiger partial charge in [-0.05, 0) is 65.2 Å². The molecule has 144 valence electrons. The van der Waals surface area contributed by atoms with E-state index in [0.29, 0.717) is 0 Å². The second-order valence-electron chi connectivity index (χ2n) is 7.48. The normalized spacial score (nSPS) is 11.1. The van der Waals surface area contributed by atoms with Crippen LogP contribution in [0.2, 0.25) is 0 Å². The Morgan fingerprint density at radius 2 is 1.54 bits per heavy atom. The van der Waals surface area contributed by atoms with Gasteiger partial charge in [-0.25, -0.2) is 14.8 Å². The SMILES string of the molecule is CCOC(=O)C(=O)N(C)N(C(=O)Cc1c(C)cc(C)cc1C)C(C)(C)C. The molecule has 0 radical (unpaired) electrons. The molecule has 0 aliphatic heterocycles. The van der Waals surface area contributed by atoms with E-state index in [1.54, 1.807) is 6.92 Å². The first-order valence-electron chi connectivity index (χ1n) is 8.74. The Balaban J connectivity index is 3.17. The molecule has 0 saturated heterocycles. The molecular formula is C20H30N2O4. The van der Waals surface area contributed by atoms with E-state index in [1.807, 2.05) is 53.7 Å². The molecule has 0 aromatic heterocycles. The first kappa shape index (κ1) is 21.7. The van der Waals surface area contributed by atoms with Crippen molar-refractivity contribution in [3.63, 3.8) is 0 Å². The molecule has 0 unspecified atom stereocenters. The number of esters is 1. The molecule has 0 aliphatic carbocycles. The van der Waals surface area contributed by atoms with E-state index >= 15 is 0 Å². The fourth-order valence-corrected chi connectivity index (χ4v) is 3.12. The van der Waals surface area contributed by atoms with Gasteiger partial charge in [0.2, 0.25) is 5.91 Å². The largest absolute Gasteiger partial charge is 0.459 e. The highest BCUT2D eigenvalue weighted by Crippen LogP contribution is 2.22.